The summed E-state index contributed by atoms with van der Waals surface area (Å²) >= 11 is 0. The van der Waals surface area contributed by atoms with E-state index in [1.165, 1.54) is 11.0 Å². The number of carbonyl (C=O) groups is 1. The van der Waals surface area contributed by atoms with Gasteiger partial charge in [0.05, 0.1) is 11.9 Å². The fraction of sp³-hybridized carbons (Fsp3) is 0. The third-order valence-electron chi connectivity index (χ3n) is 2.84. The maximum Gasteiger partial charge on any atom is 0.215 e. The summed E-state index contributed by atoms with van der Waals surface area (Å²) in [6.45, 7) is 0. The van der Waals surface area contributed by atoms with Gasteiger partial charge in [0.1, 0.15) is 11.6 Å². The Hall–Kier alpha value is -2.89. The molecule has 0 N–H and O–H groups in total. The van der Waals surface area contributed by atoms with E-state index < -0.39 is 17.4 Å². The molecule has 0 saturated carbocycles. The van der Waals surface area contributed by atoms with Crippen molar-refractivity contribution >= 4 is 5.78 Å². The smallest absolute Gasteiger partial charge is 0.215 e. The zero-order valence-corrected chi connectivity index (χ0v) is 10.7. The molecule has 3 aromatic rings. The molecule has 0 spiro atoms. The molecule has 3 rings (SSSR count). The molecule has 1 heterocycles. The molecule has 0 aliphatic carbocycles. The standard InChI is InChI=1S/C15H9F2N3O/c16-11-6-10(7-12(17)8-11)15(21)14-9-18-20(19-14)13-4-2-1-3-5-13/h1-9H. The molecule has 0 amide bonds. The number of ketones is 1. The lowest BCUT2D eigenvalue weighted by Crippen LogP contribution is -2.05. The number of benzene rings is 2. The number of carbonyl (C=O) groups excluding carboxylic acids is 1. The van der Waals surface area contributed by atoms with Crippen molar-refractivity contribution < 1.29 is 13.6 Å². The molecular formula is C15H9F2N3O. The number of para-hydroxylation sites is 1. The highest BCUT2D eigenvalue weighted by Gasteiger charge is 2.15. The van der Waals surface area contributed by atoms with Crippen LogP contribution < -0.4 is 0 Å². The first-order chi connectivity index (χ1) is 10.1. The number of hydrogen-bond donors (Lipinski definition) is 0. The van der Waals surface area contributed by atoms with E-state index in [2.05, 4.69) is 10.2 Å². The highest BCUT2D eigenvalue weighted by atomic mass is 19.1. The van der Waals surface area contributed by atoms with Gasteiger partial charge in [-0.2, -0.15) is 9.90 Å². The van der Waals surface area contributed by atoms with E-state index in [-0.39, 0.29) is 11.3 Å². The van der Waals surface area contributed by atoms with Crippen LogP contribution in [0.3, 0.4) is 0 Å². The van der Waals surface area contributed by atoms with Crippen molar-refractivity contribution in [1.82, 2.24) is 15.0 Å². The second-order valence-corrected chi connectivity index (χ2v) is 4.34. The summed E-state index contributed by atoms with van der Waals surface area (Å²) in [5.41, 5.74) is 0.596. The quantitative estimate of drug-likeness (QED) is 0.695. The Morgan fingerprint density at radius 2 is 1.67 bits per heavy atom. The van der Waals surface area contributed by atoms with E-state index in [0.29, 0.717) is 11.8 Å². The molecule has 2 aromatic carbocycles. The molecule has 21 heavy (non-hydrogen) atoms. The van der Waals surface area contributed by atoms with Crippen LogP contribution in [0.15, 0.2) is 54.7 Å². The Bertz CT molecular complexity index is 779. The van der Waals surface area contributed by atoms with Crippen molar-refractivity contribution in [2.24, 2.45) is 0 Å². The Labute approximate surface area is 118 Å². The Kier molecular flexibility index (Phi) is 3.27. The van der Waals surface area contributed by atoms with Crippen LogP contribution in [-0.2, 0) is 0 Å². The van der Waals surface area contributed by atoms with Crippen molar-refractivity contribution in [1.29, 1.82) is 0 Å². The minimum absolute atomic E-state index is 0.0175. The predicted molar refractivity (Wildman–Crippen MR) is 71.1 cm³/mol. The number of rotatable bonds is 3. The molecule has 4 nitrogen and oxygen atoms in total. The molecule has 6 heteroatoms. The van der Waals surface area contributed by atoms with Gasteiger partial charge in [-0.3, -0.25) is 4.79 Å². The molecular weight excluding hydrogens is 276 g/mol. The number of hydrogen-bond acceptors (Lipinski definition) is 3. The third-order valence-corrected chi connectivity index (χ3v) is 2.84. The average Bonchev–Trinajstić information content (AvgIpc) is 2.96. The summed E-state index contributed by atoms with van der Waals surface area (Å²) in [6, 6.07) is 11.6. The highest BCUT2D eigenvalue weighted by molar-refractivity contribution is 6.07. The zero-order chi connectivity index (χ0) is 14.8. The van der Waals surface area contributed by atoms with Crippen LogP contribution in [0.25, 0.3) is 5.69 Å². The van der Waals surface area contributed by atoms with Crippen LogP contribution in [0.1, 0.15) is 16.1 Å². The monoisotopic (exact) mass is 285 g/mol. The van der Waals surface area contributed by atoms with Crippen molar-refractivity contribution in [2.45, 2.75) is 0 Å². The van der Waals surface area contributed by atoms with Crippen LogP contribution in [0, 0.1) is 11.6 Å². The normalized spacial score (nSPS) is 10.6. The van der Waals surface area contributed by atoms with Crippen molar-refractivity contribution in [2.75, 3.05) is 0 Å². The van der Waals surface area contributed by atoms with Crippen molar-refractivity contribution in [3.05, 3.63) is 77.6 Å². The fourth-order valence-corrected chi connectivity index (χ4v) is 1.89. The molecule has 0 fully saturated rings. The van der Waals surface area contributed by atoms with Gasteiger partial charge in [-0.1, -0.05) is 18.2 Å². The Morgan fingerprint density at radius 3 is 2.33 bits per heavy atom. The van der Waals surface area contributed by atoms with Crippen LogP contribution >= 0.6 is 0 Å². The number of nitrogens with zero attached hydrogens (tertiary/aromatic N) is 3. The van der Waals surface area contributed by atoms with Crippen molar-refractivity contribution in [3.8, 4) is 5.69 Å². The minimum atomic E-state index is -0.811. The molecule has 0 saturated heterocycles. The molecule has 0 bridgehead atoms. The minimum Gasteiger partial charge on any atom is -0.287 e. The van der Waals surface area contributed by atoms with E-state index in [0.717, 1.165) is 12.1 Å². The molecule has 104 valence electrons. The van der Waals surface area contributed by atoms with Gasteiger partial charge in [-0.25, -0.2) is 8.78 Å². The van der Waals surface area contributed by atoms with E-state index in [9.17, 15) is 13.6 Å². The first-order valence-corrected chi connectivity index (χ1v) is 6.12. The summed E-state index contributed by atoms with van der Waals surface area (Å²) in [7, 11) is 0. The second-order valence-electron chi connectivity index (χ2n) is 4.34. The maximum absolute atomic E-state index is 13.1. The first kappa shape index (κ1) is 13.1. The van der Waals surface area contributed by atoms with E-state index in [4.69, 9.17) is 0 Å². The average molecular weight is 285 g/mol. The number of aromatic nitrogens is 3. The summed E-state index contributed by atoms with van der Waals surface area (Å²) < 4.78 is 26.3. The van der Waals surface area contributed by atoms with E-state index >= 15 is 0 Å². The first-order valence-electron chi connectivity index (χ1n) is 6.12. The summed E-state index contributed by atoms with van der Waals surface area (Å²) in [6.07, 6.45) is 1.26. The second kappa shape index (κ2) is 5.24. The predicted octanol–water partition coefficient (Wildman–Crippen LogP) is 2.78. The van der Waals surface area contributed by atoms with Crippen LogP contribution in [0.5, 0.6) is 0 Å². The van der Waals surface area contributed by atoms with Crippen molar-refractivity contribution in [3.63, 3.8) is 0 Å². The van der Waals surface area contributed by atoms with Gasteiger partial charge in [0.15, 0.2) is 5.69 Å². The maximum atomic E-state index is 13.1. The lowest BCUT2D eigenvalue weighted by Gasteiger charge is -1.99. The van der Waals surface area contributed by atoms with E-state index in [1.807, 2.05) is 18.2 Å². The highest BCUT2D eigenvalue weighted by Crippen LogP contribution is 2.13. The van der Waals surface area contributed by atoms with Gasteiger partial charge in [0.25, 0.3) is 0 Å². The van der Waals surface area contributed by atoms with Gasteiger partial charge in [-0.05, 0) is 24.3 Å². The SMILES string of the molecule is O=C(c1cc(F)cc(F)c1)c1cnn(-c2ccccc2)n1. The topological polar surface area (TPSA) is 47.8 Å². The summed E-state index contributed by atoms with van der Waals surface area (Å²) in [5, 5.41) is 8.00. The molecule has 0 aliphatic heterocycles. The molecule has 0 atom stereocenters. The Balaban J connectivity index is 1.94. The van der Waals surface area contributed by atoms with Gasteiger partial charge in [-0.15, -0.1) is 5.10 Å². The van der Waals surface area contributed by atoms with Gasteiger partial charge < -0.3 is 0 Å². The zero-order valence-electron chi connectivity index (χ0n) is 10.7. The number of halogens is 2. The van der Waals surface area contributed by atoms with Gasteiger partial charge in [0, 0.05) is 11.6 Å². The lowest BCUT2D eigenvalue weighted by molar-refractivity contribution is 0.103. The van der Waals surface area contributed by atoms with Crippen LogP contribution in [0.4, 0.5) is 8.78 Å². The molecule has 0 radical (unpaired) electrons. The molecule has 1 aromatic heterocycles. The molecule has 0 aliphatic rings. The van der Waals surface area contributed by atoms with Crippen LogP contribution in [-0.4, -0.2) is 20.8 Å². The molecule has 0 unspecified atom stereocenters. The van der Waals surface area contributed by atoms with Crippen LogP contribution in [0.2, 0.25) is 0 Å². The van der Waals surface area contributed by atoms with Gasteiger partial charge >= 0.3 is 0 Å². The Morgan fingerprint density at radius 1 is 1.00 bits per heavy atom. The third kappa shape index (κ3) is 2.69. The largest absolute Gasteiger partial charge is 0.287 e. The lowest BCUT2D eigenvalue weighted by atomic mass is 10.1. The van der Waals surface area contributed by atoms with E-state index in [1.54, 1.807) is 12.1 Å². The summed E-state index contributed by atoms with van der Waals surface area (Å²) in [4.78, 5) is 13.4. The fourth-order valence-electron chi connectivity index (χ4n) is 1.89. The van der Waals surface area contributed by atoms with Gasteiger partial charge in [0.2, 0.25) is 5.78 Å². The summed E-state index contributed by atoms with van der Waals surface area (Å²) in [5.74, 6) is -2.21.